The standard InChI is InChI=1S/C22H21F3NO3S/c1-16-4-10-19(11-5-16)26(20-12-6-17(2)7-13-20,21-14-8-18(3)9-15-21)29-30(27,28)22(23,24)25/h4-15H,1-3H3/q+1. The van der Waals surface area contributed by atoms with E-state index in [-0.39, 0.29) is 17.1 Å². The average molecular weight is 436 g/mol. The molecule has 158 valence electrons. The Morgan fingerprint density at radius 1 is 0.633 bits per heavy atom. The lowest BCUT2D eigenvalue weighted by Crippen LogP contribution is -2.44. The molecule has 0 spiro atoms. The zero-order chi connectivity index (χ0) is 22.2. The molecule has 0 saturated carbocycles. The predicted octanol–water partition coefficient (Wildman–Crippen LogP) is 6.36. The normalized spacial score (nSPS) is 12.7. The molecule has 0 aliphatic rings. The first kappa shape index (κ1) is 22.0. The topological polar surface area (TPSA) is 43.4 Å². The van der Waals surface area contributed by atoms with Gasteiger partial charge in [-0.2, -0.15) is 21.6 Å². The lowest BCUT2D eigenvalue weighted by atomic mass is 10.1. The quantitative estimate of drug-likeness (QED) is 0.265. The van der Waals surface area contributed by atoms with Crippen LogP contribution in [0.3, 0.4) is 0 Å². The molecule has 3 aromatic carbocycles. The van der Waals surface area contributed by atoms with E-state index >= 15 is 0 Å². The maximum atomic E-state index is 13.4. The third kappa shape index (κ3) is 4.12. The second kappa shape index (κ2) is 7.86. The molecule has 0 heterocycles. The van der Waals surface area contributed by atoms with Crippen molar-refractivity contribution >= 4 is 27.2 Å². The first-order valence-electron chi connectivity index (χ1n) is 9.09. The van der Waals surface area contributed by atoms with Gasteiger partial charge in [-0.25, -0.2) is 0 Å². The molecular formula is C22H21F3NO3S+. The van der Waals surface area contributed by atoms with Crippen LogP contribution < -0.4 is 4.65 Å². The van der Waals surface area contributed by atoms with E-state index in [4.69, 9.17) is 4.28 Å². The van der Waals surface area contributed by atoms with Gasteiger partial charge in [0.1, 0.15) is 0 Å². The monoisotopic (exact) mass is 436 g/mol. The van der Waals surface area contributed by atoms with Crippen molar-refractivity contribution in [3.05, 3.63) is 89.5 Å². The van der Waals surface area contributed by atoms with E-state index < -0.39 is 20.3 Å². The molecule has 3 rings (SSSR count). The number of halogens is 3. The van der Waals surface area contributed by atoms with Gasteiger partial charge in [0.2, 0.25) is 0 Å². The maximum absolute atomic E-state index is 13.4. The van der Waals surface area contributed by atoms with Gasteiger partial charge in [-0.05, 0) is 25.1 Å². The Morgan fingerprint density at radius 2 is 0.900 bits per heavy atom. The van der Waals surface area contributed by atoms with Crippen LogP contribution in [0.1, 0.15) is 16.7 Å². The minimum absolute atomic E-state index is 0.209. The smallest absolute Gasteiger partial charge is 0.185 e. The fraction of sp³-hybridized carbons (Fsp3) is 0.182. The molecule has 0 aliphatic heterocycles. The summed E-state index contributed by atoms with van der Waals surface area (Å²) in [5.74, 6) is 0. The number of hydrogen-bond acceptors (Lipinski definition) is 3. The molecule has 30 heavy (non-hydrogen) atoms. The highest BCUT2D eigenvalue weighted by molar-refractivity contribution is 7.87. The number of benzene rings is 3. The number of hydrogen-bond donors (Lipinski definition) is 0. The summed E-state index contributed by atoms with van der Waals surface area (Å²) in [5, 5.41) is 0. The van der Waals surface area contributed by atoms with E-state index in [1.165, 1.54) is 0 Å². The summed E-state index contributed by atoms with van der Waals surface area (Å²) in [4.78, 5) is 0. The third-order valence-corrected chi connectivity index (χ3v) is 5.67. The molecule has 0 N–H and O–H groups in total. The van der Waals surface area contributed by atoms with Gasteiger partial charge in [0.05, 0.1) is 0 Å². The first-order valence-corrected chi connectivity index (χ1v) is 10.5. The van der Waals surface area contributed by atoms with Gasteiger partial charge >= 0.3 is 15.6 Å². The lowest BCUT2D eigenvalue weighted by molar-refractivity contribution is -0.0682. The van der Waals surface area contributed by atoms with E-state index in [0.717, 1.165) is 16.7 Å². The summed E-state index contributed by atoms with van der Waals surface area (Å²) in [6.07, 6.45) is 0. The van der Waals surface area contributed by atoms with Crippen LogP contribution in [0.15, 0.2) is 72.8 Å². The van der Waals surface area contributed by atoms with Crippen molar-refractivity contribution < 1.29 is 25.9 Å². The molecule has 0 radical (unpaired) electrons. The summed E-state index contributed by atoms with van der Waals surface area (Å²) >= 11 is 0. The highest BCUT2D eigenvalue weighted by Crippen LogP contribution is 2.47. The Hall–Kier alpha value is -2.68. The van der Waals surface area contributed by atoms with Crippen LogP contribution >= 0.6 is 0 Å². The number of nitrogens with zero attached hydrogens (tertiary/aromatic N) is 1. The van der Waals surface area contributed by atoms with Crippen LogP contribution in [-0.2, 0) is 14.4 Å². The lowest BCUT2D eigenvalue weighted by Gasteiger charge is -2.33. The van der Waals surface area contributed by atoms with Crippen LogP contribution in [0.4, 0.5) is 30.2 Å². The predicted molar refractivity (Wildman–Crippen MR) is 111 cm³/mol. The second-order valence-corrected chi connectivity index (χ2v) is 8.61. The molecule has 4 nitrogen and oxygen atoms in total. The number of quaternary nitrogens is 1. The summed E-state index contributed by atoms with van der Waals surface area (Å²) in [5.41, 5.74) is -2.37. The van der Waals surface area contributed by atoms with Crippen LogP contribution in [0.5, 0.6) is 0 Å². The molecule has 3 aromatic rings. The average Bonchev–Trinajstić information content (AvgIpc) is 2.67. The van der Waals surface area contributed by atoms with Crippen LogP contribution in [0.2, 0.25) is 0 Å². The molecule has 8 heteroatoms. The van der Waals surface area contributed by atoms with Gasteiger partial charge in [-0.3, -0.25) is 0 Å². The fourth-order valence-corrected chi connectivity index (χ4v) is 3.67. The van der Waals surface area contributed by atoms with Gasteiger partial charge in [-0.1, -0.05) is 57.7 Å². The van der Waals surface area contributed by atoms with Gasteiger partial charge in [0.15, 0.2) is 17.1 Å². The van der Waals surface area contributed by atoms with Gasteiger partial charge in [0, 0.05) is 36.4 Å². The minimum Gasteiger partial charge on any atom is -0.185 e. The van der Waals surface area contributed by atoms with Crippen LogP contribution in [-0.4, -0.2) is 13.9 Å². The molecule has 0 fully saturated rings. The zero-order valence-corrected chi connectivity index (χ0v) is 17.5. The van der Waals surface area contributed by atoms with Gasteiger partial charge < -0.3 is 0 Å². The molecule has 0 amide bonds. The van der Waals surface area contributed by atoms with E-state index in [9.17, 15) is 21.6 Å². The van der Waals surface area contributed by atoms with Gasteiger partial charge in [0.25, 0.3) is 0 Å². The Balaban J connectivity index is 2.40. The van der Waals surface area contributed by atoms with E-state index in [1.54, 1.807) is 72.8 Å². The molecule has 0 unspecified atom stereocenters. The highest BCUT2D eigenvalue weighted by atomic mass is 32.2. The number of rotatable bonds is 5. The van der Waals surface area contributed by atoms with Crippen molar-refractivity contribution in [1.29, 1.82) is 0 Å². The Bertz CT molecular complexity index is 1010. The molecule has 0 aromatic heterocycles. The molecule has 0 bridgehead atoms. The zero-order valence-electron chi connectivity index (χ0n) is 16.6. The van der Waals surface area contributed by atoms with E-state index in [0.29, 0.717) is 0 Å². The molecular weight excluding hydrogens is 415 g/mol. The summed E-state index contributed by atoms with van der Waals surface area (Å²) < 4.78 is 68.6. The highest BCUT2D eigenvalue weighted by Gasteiger charge is 2.56. The van der Waals surface area contributed by atoms with Crippen LogP contribution in [0, 0.1) is 20.8 Å². The number of alkyl halides is 3. The maximum Gasteiger partial charge on any atom is 0.528 e. The van der Waals surface area contributed by atoms with Gasteiger partial charge in [-0.15, -0.1) is 0 Å². The molecule has 0 saturated heterocycles. The largest absolute Gasteiger partial charge is 0.528 e. The first-order chi connectivity index (χ1) is 14.0. The van der Waals surface area contributed by atoms with E-state index in [2.05, 4.69) is 0 Å². The van der Waals surface area contributed by atoms with Crippen molar-refractivity contribution in [3.63, 3.8) is 0 Å². The minimum atomic E-state index is -5.96. The second-order valence-electron chi connectivity index (χ2n) is 7.09. The Kier molecular flexibility index (Phi) is 5.77. The Labute approximate surface area is 173 Å². The summed E-state index contributed by atoms with van der Waals surface area (Å²) in [6, 6.07) is 19.5. The van der Waals surface area contributed by atoms with Crippen molar-refractivity contribution in [2.24, 2.45) is 0 Å². The molecule has 0 atom stereocenters. The van der Waals surface area contributed by atoms with E-state index in [1.807, 2.05) is 20.8 Å². The van der Waals surface area contributed by atoms with Crippen molar-refractivity contribution in [3.8, 4) is 0 Å². The van der Waals surface area contributed by atoms with Crippen molar-refractivity contribution in [1.82, 2.24) is 4.65 Å². The Morgan fingerprint density at radius 3 is 1.13 bits per heavy atom. The van der Waals surface area contributed by atoms with Crippen molar-refractivity contribution in [2.45, 2.75) is 26.3 Å². The van der Waals surface area contributed by atoms with Crippen LogP contribution in [0.25, 0.3) is 0 Å². The summed E-state index contributed by atoms with van der Waals surface area (Å²) in [6.45, 7) is 5.47. The number of aryl methyl sites for hydroxylation is 3. The SMILES string of the molecule is Cc1ccc([N+](OS(=O)(=O)C(F)(F)F)(c2ccc(C)cc2)c2ccc(C)cc2)cc1. The molecule has 0 aliphatic carbocycles. The fourth-order valence-electron chi connectivity index (χ4n) is 3.03. The van der Waals surface area contributed by atoms with Crippen molar-refractivity contribution in [2.75, 3.05) is 0 Å². The summed E-state index contributed by atoms with van der Waals surface area (Å²) in [7, 11) is -5.96. The third-order valence-electron chi connectivity index (χ3n) is 4.69.